The van der Waals surface area contributed by atoms with Crippen molar-refractivity contribution in [3.8, 4) is 0 Å². The number of nitrogens with zero attached hydrogens (tertiary/aromatic N) is 2. The monoisotopic (exact) mass is 384 g/mol. The molecule has 0 radical (unpaired) electrons. The summed E-state index contributed by atoms with van der Waals surface area (Å²) in [5.74, 6) is 1.31. The molecule has 0 spiro atoms. The van der Waals surface area contributed by atoms with Crippen molar-refractivity contribution in [2.75, 3.05) is 31.1 Å². The van der Waals surface area contributed by atoms with E-state index in [1.54, 1.807) is 0 Å². The third-order valence-corrected chi connectivity index (χ3v) is 5.50. The van der Waals surface area contributed by atoms with Crippen LogP contribution in [0, 0.1) is 5.92 Å². The summed E-state index contributed by atoms with van der Waals surface area (Å²) in [5.41, 5.74) is -0.734. The van der Waals surface area contributed by atoms with Gasteiger partial charge in [-0.1, -0.05) is 0 Å². The number of alkyl halides is 3. The van der Waals surface area contributed by atoms with Crippen molar-refractivity contribution in [1.82, 2.24) is 15.6 Å². The number of hydrogen-bond acceptors (Lipinski definition) is 4. The molecule has 2 N–H and O–H groups in total. The molecule has 0 aromatic carbocycles. The summed E-state index contributed by atoms with van der Waals surface area (Å²) in [6.07, 6.45) is 1.88. The lowest BCUT2D eigenvalue weighted by molar-refractivity contribution is -0.137. The zero-order chi connectivity index (χ0) is 19.3. The molecule has 5 nitrogen and oxygen atoms in total. The van der Waals surface area contributed by atoms with Crippen LogP contribution in [0.25, 0.3) is 0 Å². The van der Waals surface area contributed by atoms with E-state index in [0.29, 0.717) is 31.2 Å². The molecule has 3 rings (SSSR count). The van der Waals surface area contributed by atoms with Gasteiger partial charge in [-0.05, 0) is 63.2 Å². The fourth-order valence-electron chi connectivity index (χ4n) is 3.80. The van der Waals surface area contributed by atoms with Crippen molar-refractivity contribution in [3.05, 3.63) is 23.9 Å². The Bertz CT molecular complexity index is 606. The summed E-state index contributed by atoms with van der Waals surface area (Å²) in [6, 6.07) is 2.62. The number of hydrogen-bond donors (Lipinski definition) is 2. The van der Waals surface area contributed by atoms with Crippen LogP contribution in [0.3, 0.4) is 0 Å². The first-order valence-electron chi connectivity index (χ1n) is 9.70. The Labute approximate surface area is 157 Å². The molecule has 150 valence electrons. The van der Waals surface area contributed by atoms with Crippen molar-refractivity contribution in [3.63, 3.8) is 0 Å². The van der Waals surface area contributed by atoms with Crippen LogP contribution in [0.4, 0.5) is 19.0 Å². The lowest BCUT2D eigenvalue weighted by Gasteiger charge is -2.33. The van der Waals surface area contributed by atoms with Crippen molar-refractivity contribution >= 4 is 11.7 Å². The molecule has 3 heterocycles. The summed E-state index contributed by atoms with van der Waals surface area (Å²) in [7, 11) is 0. The van der Waals surface area contributed by atoms with Gasteiger partial charge in [-0.3, -0.25) is 4.79 Å². The minimum absolute atomic E-state index is 0.111. The molecule has 2 saturated heterocycles. The molecule has 2 aliphatic heterocycles. The van der Waals surface area contributed by atoms with Crippen molar-refractivity contribution in [2.24, 2.45) is 5.92 Å². The number of anilines is 1. The first kappa shape index (κ1) is 19.9. The maximum atomic E-state index is 12.6. The fourth-order valence-corrected chi connectivity index (χ4v) is 3.80. The number of piperidine rings is 2. The first-order valence-corrected chi connectivity index (χ1v) is 9.70. The highest BCUT2D eigenvalue weighted by atomic mass is 19.4. The summed E-state index contributed by atoms with van der Waals surface area (Å²) in [5, 5.41) is 6.44. The molecular formula is C19H27F3N4O. The van der Waals surface area contributed by atoms with Crippen LogP contribution in [-0.4, -0.2) is 43.1 Å². The van der Waals surface area contributed by atoms with Gasteiger partial charge in [-0.2, -0.15) is 13.2 Å². The Balaban J connectivity index is 1.40. The van der Waals surface area contributed by atoms with Crippen LogP contribution in [0.5, 0.6) is 0 Å². The standard InChI is InChI=1S/C19H27F3N4O/c20-19(21,22)15-2-3-17(24-13-15)26-11-7-16(8-12-26)25-18(27)4-1-14-5-9-23-10-6-14/h2-3,13-14,16,23H,1,4-12H2,(H,25,27). The maximum Gasteiger partial charge on any atom is 0.417 e. The lowest BCUT2D eigenvalue weighted by Crippen LogP contribution is -2.45. The van der Waals surface area contributed by atoms with E-state index in [9.17, 15) is 18.0 Å². The predicted molar refractivity (Wildman–Crippen MR) is 97.4 cm³/mol. The number of aromatic nitrogens is 1. The Morgan fingerprint density at radius 3 is 2.48 bits per heavy atom. The minimum Gasteiger partial charge on any atom is -0.356 e. The number of amides is 1. The second kappa shape index (κ2) is 8.91. The average Bonchev–Trinajstić information content (AvgIpc) is 2.67. The van der Waals surface area contributed by atoms with E-state index in [1.807, 2.05) is 4.90 Å². The zero-order valence-corrected chi connectivity index (χ0v) is 15.4. The van der Waals surface area contributed by atoms with Crippen molar-refractivity contribution < 1.29 is 18.0 Å². The highest BCUT2D eigenvalue weighted by molar-refractivity contribution is 5.76. The SMILES string of the molecule is O=C(CCC1CCNCC1)NC1CCN(c2ccc(C(F)(F)F)cn2)CC1. The van der Waals surface area contributed by atoms with E-state index in [-0.39, 0.29) is 11.9 Å². The molecular weight excluding hydrogens is 357 g/mol. The fraction of sp³-hybridized carbons (Fsp3) is 0.684. The van der Waals surface area contributed by atoms with Gasteiger partial charge in [-0.25, -0.2) is 4.98 Å². The smallest absolute Gasteiger partial charge is 0.356 e. The van der Waals surface area contributed by atoms with Gasteiger partial charge in [0.1, 0.15) is 5.82 Å². The van der Waals surface area contributed by atoms with E-state index in [4.69, 9.17) is 0 Å². The summed E-state index contributed by atoms with van der Waals surface area (Å²) in [4.78, 5) is 18.1. The number of nitrogens with one attached hydrogen (secondary N) is 2. The third kappa shape index (κ3) is 5.82. The van der Waals surface area contributed by atoms with Gasteiger partial charge in [0.2, 0.25) is 5.91 Å². The van der Waals surface area contributed by atoms with E-state index in [0.717, 1.165) is 57.5 Å². The summed E-state index contributed by atoms with van der Waals surface area (Å²) in [6.45, 7) is 3.45. The molecule has 0 saturated carbocycles. The van der Waals surface area contributed by atoms with Crippen LogP contribution >= 0.6 is 0 Å². The normalized spacial score (nSPS) is 19.9. The van der Waals surface area contributed by atoms with Crippen LogP contribution < -0.4 is 15.5 Å². The molecule has 1 aromatic heterocycles. The van der Waals surface area contributed by atoms with Crippen LogP contribution in [-0.2, 0) is 11.0 Å². The van der Waals surface area contributed by atoms with Crippen LogP contribution in [0.1, 0.15) is 44.1 Å². The summed E-state index contributed by atoms with van der Waals surface area (Å²) < 4.78 is 37.9. The van der Waals surface area contributed by atoms with Gasteiger partial charge in [-0.15, -0.1) is 0 Å². The second-order valence-corrected chi connectivity index (χ2v) is 7.46. The molecule has 8 heteroatoms. The van der Waals surface area contributed by atoms with Gasteiger partial charge in [0.15, 0.2) is 0 Å². The topological polar surface area (TPSA) is 57.3 Å². The van der Waals surface area contributed by atoms with Gasteiger partial charge >= 0.3 is 6.18 Å². The Morgan fingerprint density at radius 2 is 1.89 bits per heavy atom. The number of halogens is 3. The zero-order valence-electron chi connectivity index (χ0n) is 15.4. The molecule has 27 heavy (non-hydrogen) atoms. The molecule has 0 bridgehead atoms. The van der Waals surface area contributed by atoms with Crippen molar-refractivity contribution in [1.29, 1.82) is 0 Å². The molecule has 0 atom stereocenters. The van der Waals surface area contributed by atoms with Gasteiger partial charge in [0.25, 0.3) is 0 Å². The molecule has 1 amide bonds. The van der Waals surface area contributed by atoms with Gasteiger partial charge in [0, 0.05) is 31.7 Å². The number of rotatable bonds is 5. The predicted octanol–water partition coefficient (Wildman–Crippen LogP) is 2.97. The Hall–Kier alpha value is -1.83. The molecule has 1 aromatic rings. The Kier molecular flexibility index (Phi) is 6.57. The molecule has 0 aliphatic carbocycles. The van der Waals surface area contributed by atoms with Gasteiger partial charge < -0.3 is 15.5 Å². The average molecular weight is 384 g/mol. The second-order valence-electron chi connectivity index (χ2n) is 7.46. The van der Waals surface area contributed by atoms with Crippen LogP contribution in [0.15, 0.2) is 18.3 Å². The Morgan fingerprint density at radius 1 is 1.19 bits per heavy atom. The number of carbonyl (C=O) groups excluding carboxylic acids is 1. The quantitative estimate of drug-likeness (QED) is 0.820. The number of pyridine rings is 1. The molecule has 2 fully saturated rings. The maximum absolute atomic E-state index is 12.6. The lowest BCUT2D eigenvalue weighted by atomic mass is 9.93. The van der Waals surface area contributed by atoms with E-state index < -0.39 is 11.7 Å². The highest BCUT2D eigenvalue weighted by Crippen LogP contribution is 2.29. The first-order chi connectivity index (χ1) is 12.9. The van der Waals surface area contributed by atoms with Crippen LogP contribution in [0.2, 0.25) is 0 Å². The molecule has 0 unspecified atom stereocenters. The molecule has 2 aliphatic rings. The van der Waals surface area contributed by atoms with Crippen molar-refractivity contribution in [2.45, 2.75) is 50.7 Å². The number of carbonyl (C=O) groups is 1. The third-order valence-electron chi connectivity index (χ3n) is 5.50. The highest BCUT2D eigenvalue weighted by Gasteiger charge is 2.31. The minimum atomic E-state index is -4.36. The summed E-state index contributed by atoms with van der Waals surface area (Å²) >= 11 is 0. The van der Waals surface area contributed by atoms with E-state index in [1.165, 1.54) is 6.07 Å². The largest absolute Gasteiger partial charge is 0.417 e. The van der Waals surface area contributed by atoms with E-state index in [2.05, 4.69) is 15.6 Å². The van der Waals surface area contributed by atoms with Gasteiger partial charge in [0.05, 0.1) is 5.56 Å². The van der Waals surface area contributed by atoms with E-state index >= 15 is 0 Å².